The largest absolute Gasteiger partial charge is 0.482 e. The molecule has 22 heavy (non-hydrogen) atoms. The summed E-state index contributed by atoms with van der Waals surface area (Å²) in [5.74, 6) is -0.236. The van der Waals surface area contributed by atoms with Crippen molar-refractivity contribution in [2.45, 2.75) is 25.9 Å². The van der Waals surface area contributed by atoms with Gasteiger partial charge < -0.3 is 15.4 Å². The van der Waals surface area contributed by atoms with Crippen LogP contribution in [0.3, 0.4) is 0 Å². The van der Waals surface area contributed by atoms with Crippen LogP contribution in [0.25, 0.3) is 0 Å². The van der Waals surface area contributed by atoms with Crippen molar-refractivity contribution in [3.8, 4) is 5.75 Å². The summed E-state index contributed by atoms with van der Waals surface area (Å²) in [5, 5.41) is 5.49. The molecule has 0 aromatic heterocycles. The molecule has 0 heterocycles. The molecular formula is C14H20ClF3N2O2. The second-order valence-electron chi connectivity index (χ2n) is 4.66. The van der Waals surface area contributed by atoms with Gasteiger partial charge >= 0.3 is 6.18 Å². The Labute approximate surface area is 133 Å². The molecule has 4 nitrogen and oxygen atoms in total. The molecule has 8 heteroatoms. The molecule has 0 fully saturated rings. The fraction of sp³-hybridized carbons (Fsp3) is 0.500. The highest BCUT2D eigenvalue weighted by molar-refractivity contribution is 5.92. The standard InChI is InChI=1S/C14H19F3N2O2.ClH/c1-10-5-6-11(19-13(20)4-3-7-18-2)12(8-10)21-9-14(15,16)17;/h5-6,8,18H,3-4,7,9H2,1-2H3,(H,19,20);1H. The average Bonchev–Trinajstić information content (AvgIpc) is 2.38. The molecule has 2 N–H and O–H groups in total. The van der Waals surface area contributed by atoms with Crippen molar-refractivity contribution >= 4 is 24.0 Å². The maximum atomic E-state index is 12.2. The first-order valence-corrected chi connectivity index (χ1v) is 6.56. The molecule has 1 aromatic carbocycles. The Bertz CT molecular complexity index is 482. The Morgan fingerprint density at radius 2 is 2.00 bits per heavy atom. The first-order chi connectivity index (χ1) is 9.81. The highest BCUT2D eigenvalue weighted by Gasteiger charge is 2.29. The Morgan fingerprint density at radius 3 is 2.59 bits per heavy atom. The molecule has 0 spiro atoms. The Hall–Kier alpha value is -1.47. The lowest BCUT2D eigenvalue weighted by Crippen LogP contribution is -2.20. The van der Waals surface area contributed by atoms with Gasteiger partial charge in [0.2, 0.25) is 5.91 Å². The van der Waals surface area contributed by atoms with Crippen molar-refractivity contribution in [1.29, 1.82) is 0 Å². The normalized spacial score (nSPS) is 10.8. The van der Waals surface area contributed by atoms with Gasteiger partial charge in [0.25, 0.3) is 0 Å². The van der Waals surface area contributed by atoms with Crippen molar-refractivity contribution in [2.24, 2.45) is 0 Å². The number of benzene rings is 1. The van der Waals surface area contributed by atoms with Crippen LogP contribution >= 0.6 is 12.4 Å². The minimum absolute atomic E-state index is 0. The van der Waals surface area contributed by atoms with Crippen molar-refractivity contribution in [1.82, 2.24) is 5.32 Å². The number of halogens is 4. The Morgan fingerprint density at radius 1 is 1.32 bits per heavy atom. The lowest BCUT2D eigenvalue weighted by atomic mass is 10.2. The fourth-order valence-electron chi connectivity index (χ4n) is 1.65. The van der Waals surface area contributed by atoms with Gasteiger partial charge in [0.05, 0.1) is 5.69 Å². The van der Waals surface area contributed by atoms with E-state index >= 15 is 0 Å². The highest BCUT2D eigenvalue weighted by Crippen LogP contribution is 2.28. The zero-order valence-electron chi connectivity index (χ0n) is 12.4. The minimum Gasteiger partial charge on any atom is -0.482 e. The molecule has 0 aliphatic rings. The number of aryl methyl sites for hydroxylation is 1. The van der Waals surface area contributed by atoms with E-state index in [0.29, 0.717) is 13.0 Å². The number of amides is 1. The molecule has 0 aliphatic carbocycles. The molecule has 126 valence electrons. The van der Waals surface area contributed by atoms with E-state index in [2.05, 4.69) is 10.6 Å². The van der Waals surface area contributed by atoms with E-state index in [9.17, 15) is 18.0 Å². The molecule has 0 radical (unpaired) electrons. The number of hydrogen-bond donors (Lipinski definition) is 2. The molecular weight excluding hydrogens is 321 g/mol. The number of rotatable bonds is 7. The van der Waals surface area contributed by atoms with Crippen LogP contribution < -0.4 is 15.4 Å². The fourth-order valence-corrected chi connectivity index (χ4v) is 1.65. The molecule has 0 unspecified atom stereocenters. The molecule has 1 amide bonds. The van der Waals surface area contributed by atoms with Gasteiger partial charge in [0, 0.05) is 6.42 Å². The summed E-state index contributed by atoms with van der Waals surface area (Å²) in [6.45, 7) is 1.04. The molecule has 1 rings (SSSR count). The van der Waals surface area contributed by atoms with Crippen LogP contribution in [0.4, 0.5) is 18.9 Å². The van der Waals surface area contributed by atoms with Crippen LogP contribution in [0.2, 0.25) is 0 Å². The van der Waals surface area contributed by atoms with E-state index in [0.717, 1.165) is 5.56 Å². The minimum atomic E-state index is -4.42. The Kier molecular flexibility index (Phi) is 8.89. The van der Waals surface area contributed by atoms with Gasteiger partial charge in [-0.25, -0.2) is 0 Å². The zero-order valence-corrected chi connectivity index (χ0v) is 13.2. The number of ether oxygens (including phenoxy) is 1. The topological polar surface area (TPSA) is 50.4 Å². The summed E-state index contributed by atoms with van der Waals surface area (Å²) in [4.78, 5) is 11.7. The van der Waals surface area contributed by atoms with Crippen molar-refractivity contribution in [3.63, 3.8) is 0 Å². The van der Waals surface area contributed by atoms with Gasteiger partial charge in [-0.15, -0.1) is 12.4 Å². The van der Waals surface area contributed by atoms with Crippen molar-refractivity contribution < 1.29 is 22.7 Å². The third-order valence-corrected chi connectivity index (χ3v) is 2.63. The monoisotopic (exact) mass is 340 g/mol. The number of nitrogens with one attached hydrogen (secondary N) is 2. The van der Waals surface area contributed by atoms with Gasteiger partial charge in [-0.05, 0) is 44.6 Å². The molecule has 0 aliphatic heterocycles. The number of carbonyl (C=O) groups excluding carboxylic acids is 1. The summed E-state index contributed by atoms with van der Waals surface area (Å²) in [5.41, 5.74) is 1.000. The highest BCUT2D eigenvalue weighted by atomic mass is 35.5. The lowest BCUT2D eigenvalue weighted by molar-refractivity contribution is -0.153. The second kappa shape index (κ2) is 9.53. The summed E-state index contributed by atoms with van der Waals surface area (Å²) in [7, 11) is 1.78. The SMILES string of the molecule is CNCCCC(=O)Nc1ccc(C)cc1OCC(F)(F)F.Cl. The molecule has 1 aromatic rings. The van der Waals surface area contributed by atoms with Gasteiger partial charge in [0.15, 0.2) is 6.61 Å². The number of hydrogen-bond acceptors (Lipinski definition) is 3. The third kappa shape index (κ3) is 8.09. The van der Waals surface area contributed by atoms with Crippen LogP contribution in [-0.4, -0.2) is 32.3 Å². The quantitative estimate of drug-likeness (QED) is 0.749. The van der Waals surface area contributed by atoms with E-state index in [4.69, 9.17) is 4.74 Å². The predicted molar refractivity (Wildman–Crippen MR) is 81.8 cm³/mol. The summed E-state index contributed by atoms with van der Waals surface area (Å²) < 4.78 is 41.4. The van der Waals surface area contributed by atoms with Crippen LogP contribution in [0.5, 0.6) is 5.75 Å². The van der Waals surface area contributed by atoms with Crippen molar-refractivity contribution in [2.75, 3.05) is 25.5 Å². The molecule has 0 saturated carbocycles. The Balaban J connectivity index is 0.00000441. The van der Waals surface area contributed by atoms with Crippen molar-refractivity contribution in [3.05, 3.63) is 23.8 Å². The zero-order chi connectivity index (χ0) is 15.9. The first-order valence-electron chi connectivity index (χ1n) is 6.56. The van der Waals surface area contributed by atoms with E-state index in [-0.39, 0.29) is 36.2 Å². The molecule has 0 atom stereocenters. The smallest absolute Gasteiger partial charge is 0.422 e. The lowest BCUT2D eigenvalue weighted by Gasteiger charge is -2.14. The summed E-state index contributed by atoms with van der Waals surface area (Å²) in [6, 6.07) is 4.70. The summed E-state index contributed by atoms with van der Waals surface area (Å²) >= 11 is 0. The average molecular weight is 341 g/mol. The van der Waals surface area contributed by atoms with Crippen LogP contribution in [0.15, 0.2) is 18.2 Å². The maximum absolute atomic E-state index is 12.2. The van der Waals surface area contributed by atoms with E-state index in [1.54, 1.807) is 20.0 Å². The number of carbonyl (C=O) groups is 1. The van der Waals surface area contributed by atoms with Crippen LogP contribution in [0.1, 0.15) is 18.4 Å². The predicted octanol–water partition coefficient (Wildman–Crippen LogP) is 3.30. The van der Waals surface area contributed by atoms with E-state index < -0.39 is 12.8 Å². The van der Waals surface area contributed by atoms with Gasteiger partial charge in [-0.1, -0.05) is 6.07 Å². The second-order valence-corrected chi connectivity index (χ2v) is 4.66. The third-order valence-electron chi connectivity index (χ3n) is 2.63. The molecule has 0 bridgehead atoms. The van der Waals surface area contributed by atoms with Crippen LogP contribution in [-0.2, 0) is 4.79 Å². The number of alkyl halides is 3. The van der Waals surface area contributed by atoms with Gasteiger partial charge in [0.1, 0.15) is 5.75 Å². The van der Waals surface area contributed by atoms with E-state index in [1.807, 2.05) is 0 Å². The van der Waals surface area contributed by atoms with Gasteiger partial charge in [-0.3, -0.25) is 4.79 Å². The number of anilines is 1. The van der Waals surface area contributed by atoms with Crippen LogP contribution in [0, 0.1) is 6.92 Å². The first kappa shape index (κ1) is 20.5. The van der Waals surface area contributed by atoms with Gasteiger partial charge in [-0.2, -0.15) is 13.2 Å². The van der Waals surface area contributed by atoms with E-state index in [1.165, 1.54) is 12.1 Å². The maximum Gasteiger partial charge on any atom is 0.422 e. The summed E-state index contributed by atoms with van der Waals surface area (Å²) in [6.07, 6.45) is -3.49. The molecule has 0 saturated heterocycles.